The molecular formula is C29H35NO9S. The second kappa shape index (κ2) is 14.6. The fourth-order valence-electron chi connectivity index (χ4n) is 4.54. The Morgan fingerprint density at radius 3 is 2.25 bits per heavy atom. The van der Waals surface area contributed by atoms with Gasteiger partial charge < -0.3 is 23.7 Å². The number of nitrogens with zero attached hydrogens (tertiary/aromatic N) is 1. The molecule has 0 radical (unpaired) electrons. The Morgan fingerprint density at radius 1 is 1.02 bits per heavy atom. The summed E-state index contributed by atoms with van der Waals surface area (Å²) in [5, 5.41) is -0.920. The summed E-state index contributed by atoms with van der Waals surface area (Å²) >= 11 is 1.15. The molecule has 0 bridgehead atoms. The number of imide groups is 1. The Morgan fingerprint density at radius 2 is 1.68 bits per heavy atom. The zero-order chi connectivity index (χ0) is 29.2. The first-order valence-electron chi connectivity index (χ1n) is 12.8. The minimum atomic E-state index is -0.953. The van der Waals surface area contributed by atoms with Crippen LogP contribution in [0, 0.1) is 0 Å². The third-order valence-electron chi connectivity index (χ3n) is 6.32. The largest absolute Gasteiger partial charge is 0.497 e. The van der Waals surface area contributed by atoms with Gasteiger partial charge in [-0.15, -0.1) is 11.8 Å². The average molecular weight is 574 g/mol. The van der Waals surface area contributed by atoms with Crippen LogP contribution in [0.5, 0.6) is 11.5 Å². The highest BCUT2D eigenvalue weighted by atomic mass is 32.2. The van der Waals surface area contributed by atoms with E-state index in [9.17, 15) is 19.2 Å². The first kappa shape index (κ1) is 30.8. The van der Waals surface area contributed by atoms with Crippen molar-refractivity contribution in [1.82, 2.24) is 4.90 Å². The Bertz CT molecular complexity index is 1170. The number of amides is 2. The van der Waals surface area contributed by atoms with Crippen molar-refractivity contribution in [3.63, 3.8) is 0 Å². The van der Waals surface area contributed by atoms with Crippen LogP contribution in [0.4, 0.5) is 4.79 Å². The second-order valence-electron chi connectivity index (χ2n) is 9.37. The van der Waals surface area contributed by atoms with Crippen LogP contribution >= 0.6 is 11.8 Å². The number of benzene rings is 2. The van der Waals surface area contributed by atoms with Gasteiger partial charge in [-0.1, -0.05) is 30.3 Å². The summed E-state index contributed by atoms with van der Waals surface area (Å²) in [6.07, 6.45) is -0.249. The van der Waals surface area contributed by atoms with E-state index in [0.717, 1.165) is 22.2 Å². The van der Waals surface area contributed by atoms with Crippen molar-refractivity contribution in [2.75, 3.05) is 27.1 Å². The quantitative estimate of drug-likeness (QED) is 0.259. The van der Waals surface area contributed by atoms with Crippen LogP contribution in [-0.2, 0) is 41.4 Å². The lowest BCUT2D eigenvalue weighted by molar-refractivity contribution is -0.153. The fourth-order valence-corrected chi connectivity index (χ4v) is 5.32. The summed E-state index contributed by atoms with van der Waals surface area (Å²) in [6, 6.07) is 14.1. The summed E-state index contributed by atoms with van der Waals surface area (Å²) in [5.74, 6) is -0.551. The molecule has 1 fully saturated rings. The number of hydrogen-bond donors (Lipinski definition) is 0. The van der Waals surface area contributed by atoms with Crippen LogP contribution in [0.15, 0.2) is 48.5 Å². The van der Waals surface area contributed by atoms with Crippen molar-refractivity contribution in [1.29, 1.82) is 0 Å². The molecule has 0 N–H and O–H groups in total. The van der Waals surface area contributed by atoms with Gasteiger partial charge in [-0.05, 0) is 42.9 Å². The molecule has 1 aliphatic rings. The Labute approximate surface area is 238 Å². The van der Waals surface area contributed by atoms with E-state index in [-0.39, 0.29) is 19.4 Å². The molecular weight excluding hydrogens is 538 g/mol. The Hall–Kier alpha value is -3.73. The van der Waals surface area contributed by atoms with Crippen LogP contribution < -0.4 is 9.47 Å². The zero-order valence-electron chi connectivity index (χ0n) is 23.3. The SMILES string of the molecule is COc1cc(CC(=O)O[C@H](C)C[C@H](OC(C)=O)[C@@H](SC)C(=O)N2C(=O)OC[C@H]2Cc2ccccc2)cc(OC)c1. The normalized spacial score (nSPS) is 16.9. The van der Waals surface area contributed by atoms with Gasteiger partial charge in [0.15, 0.2) is 0 Å². The minimum Gasteiger partial charge on any atom is -0.497 e. The fraction of sp³-hybridized carbons (Fsp3) is 0.448. The summed E-state index contributed by atoms with van der Waals surface area (Å²) in [5.41, 5.74) is 1.59. The van der Waals surface area contributed by atoms with Crippen LogP contribution in [-0.4, -0.2) is 79.4 Å². The van der Waals surface area contributed by atoms with Crippen molar-refractivity contribution < 1.29 is 42.9 Å². The predicted molar refractivity (Wildman–Crippen MR) is 148 cm³/mol. The lowest BCUT2D eigenvalue weighted by atomic mass is 10.0. The molecule has 0 unspecified atom stereocenters. The molecule has 1 heterocycles. The van der Waals surface area contributed by atoms with E-state index < -0.39 is 47.4 Å². The molecule has 216 valence electrons. The third kappa shape index (κ3) is 8.38. The number of hydrogen-bond acceptors (Lipinski definition) is 10. The van der Waals surface area contributed by atoms with Gasteiger partial charge in [-0.3, -0.25) is 14.4 Å². The Kier molecular flexibility index (Phi) is 11.2. The van der Waals surface area contributed by atoms with Crippen molar-refractivity contribution in [2.24, 2.45) is 0 Å². The molecule has 0 spiro atoms. The summed E-state index contributed by atoms with van der Waals surface area (Å²) in [7, 11) is 3.03. The number of methoxy groups -OCH3 is 2. The van der Waals surface area contributed by atoms with E-state index in [1.54, 1.807) is 31.4 Å². The van der Waals surface area contributed by atoms with Gasteiger partial charge in [0.25, 0.3) is 0 Å². The van der Waals surface area contributed by atoms with Crippen LogP contribution in [0.3, 0.4) is 0 Å². The van der Waals surface area contributed by atoms with Crippen molar-refractivity contribution in [3.05, 3.63) is 59.7 Å². The molecule has 4 atom stereocenters. The molecule has 2 aromatic rings. The molecule has 11 heteroatoms. The number of carbonyl (C=O) groups is 4. The van der Waals surface area contributed by atoms with Gasteiger partial charge in [0.05, 0.1) is 26.7 Å². The Balaban J connectivity index is 1.70. The maximum Gasteiger partial charge on any atom is 0.417 e. The maximum atomic E-state index is 13.7. The monoisotopic (exact) mass is 573 g/mol. The summed E-state index contributed by atoms with van der Waals surface area (Å²) < 4.78 is 26.8. The molecule has 2 amide bonds. The number of cyclic esters (lactones) is 1. The van der Waals surface area contributed by atoms with Crippen LogP contribution in [0.2, 0.25) is 0 Å². The second-order valence-corrected chi connectivity index (χ2v) is 10.3. The molecule has 1 saturated heterocycles. The number of thioether (sulfide) groups is 1. The summed E-state index contributed by atoms with van der Waals surface area (Å²) in [4.78, 5) is 52.0. The molecule has 1 aliphatic heterocycles. The van der Waals surface area contributed by atoms with Gasteiger partial charge in [-0.2, -0.15) is 0 Å². The highest BCUT2D eigenvalue weighted by Gasteiger charge is 2.44. The first-order chi connectivity index (χ1) is 19.1. The van der Waals surface area contributed by atoms with E-state index in [0.29, 0.717) is 23.5 Å². The van der Waals surface area contributed by atoms with Crippen molar-refractivity contribution in [2.45, 2.75) is 56.6 Å². The predicted octanol–water partition coefficient (Wildman–Crippen LogP) is 3.82. The first-order valence-corrected chi connectivity index (χ1v) is 14.1. The molecule has 3 rings (SSSR count). The lowest BCUT2D eigenvalue weighted by Gasteiger charge is -2.30. The van der Waals surface area contributed by atoms with E-state index in [2.05, 4.69) is 0 Å². The van der Waals surface area contributed by atoms with E-state index in [4.69, 9.17) is 23.7 Å². The van der Waals surface area contributed by atoms with Gasteiger partial charge in [0, 0.05) is 19.4 Å². The van der Waals surface area contributed by atoms with E-state index >= 15 is 0 Å². The van der Waals surface area contributed by atoms with Gasteiger partial charge in [-0.25, -0.2) is 9.69 Å². The number of ether oxygens (including phenoxy) is 5. The number of carbonyl (C=O) groups excluding carboxylic acids is 4. The van der Waals surface area contributed by atoms with Gasteiger partial charge in [0.2, 0.25) is 5.91 Å². The van der Waals surface area contributed by atoms with E-state index in [1.807, 2.05) is 30.3 Å². The number of esters is 2. The molecule has 0 aliphatic carbocycles. The summed E-state index contributed by atoms with van der Waals surface area (Å²) in [6.45, 7) is 2.97. The van der Waals surface area contributed by atoms with E-state index in [1.165, 1.54) is 21.1 Å². The van der Waals surface area contributed by atoms with Crippen molar-refractivity contribution >= 4 is 35.7 Å². The van der Waals surface area contributed by atoms with Gasteiger partial charge in [0.1, 0.15) is 35.6 Å². The lowest BCUT2D eigenvalue weighted by Crippen LogP contribution is -2.49. The smallest absolute Gasteiger partial charge is 0.417 e. The molecule has 2 aromatic carbocycles. The average Bonchev–Trinajstić information content (AvgIpc) is 3.28. The standard InChI is InChI=1S/C29H35NO9S/c1-18(38-26(32)15-21-13-23(35-3)16-24(14-21)36-4)11-25(39-19(2)31)27(40-5)28(33)30-22(17-37-29(30)34)12-20-9-7-6-8-10-20/h6-10,13-14,16,18,22,25,27H,11-12,15,17H2,1-5H3/t18-,22-,25+,27-/m1/s1. The molecule has 40 heavy (non-hydrogen) atoms. The molecule has 0 saturated carbocycles. The van der Waals surface area contributed by atoms with Crippen LogP contribution in [0.25, 0.3) is 0 Å². The topological polar surface area (TPSA) is 118 Å². The molecule has 0 aromatic heterocycles. The highest BCUT2D eigenvalue weighted by Crippen LogP contribution is 2.27. The van der Waals surface area contributed by atoms with Gasteiger partial charge >= 0.3 is 18.0 Å². The third-order valence-corrected chi connectivity index (χ3v) is 7.33. The van der Waals surface area contributed by atoms with Crippen LogP contribution in [0.1, 0.15) is 31.4 Å². The number of rotatable bonds is 13. The zero-order valence-corrected chi connectivity index (χ0v) is 24.1. The highest BCUT2D eigenvalue weighted by molar-refractivity contribution is 8.00. The minimum absolute atomic E-state index is 0.0399. The maximum absolute atomic E-state index is 13.7. The molecule has 10 nitrogen and oxygen atoms in total. The van der Waals surface area contributed by atoms with Crippen molar-refractivity contribution in [3.8, 4) is 11.5 Å².